The average molecular weight is 335 g/mol. The summed E-state index contributed by atoms with van der Waals surface area (Å²) in [4.78, 5) is 22.6. The van der Waals surface area contributed by atoms with E-state index in [2.05, 4.69) is 18.4 Å². The molecule has 0 atom stereocenters. The largest absolute Gasteiger partial charge is 0.361 e. The fourth-order valence-electron chi connectivity index (χ4n) is 1.30. The van der Waals surface area contributed by atoms with Crippen molar-refractivity contribution in [2.24, 2.45) is 5.73 Å². The van der Waals surface area contributed by atoms with Gasteiger partial charge in [0, 0.05) is 23.9 Å². The molecule has 20 heavy (non-hydrogen) atoms. The van der Waals surface area contributed by atoms with Gasteiger partial charge < -0.3 is 10.6 Å². The summed E-state index contributed by atoms with van der Waals surface area (Å²) < 4.78 is 0. The SMILES string of the molecule is CCN(CC)C(=O)SCc1ccc(Cl)cc1.NC(=O)S. The van der Waals surface area contributed by atoms with E-state index in [1.54, 1.807) is 0 Å². The molecule has 7 heteroatoms. The van der Waals surface area contributed by atoms with Crippen molar-refractivity contribution >= 4 is 46.5 Å². The summed E-state index contributed by atoms with van der Waals surface area (Å²) in [5.41, 5.74) is 5.46. The number of carbonyl (C=O) groups excluding carboxylic acids is 2. The number of halogens is 1. The molecule has 1 rings (SSSR count). The number of nitrogens with two attached hydrogens (primary N) is 1. The highest BCUT2D eigenvalue weighted by molar-refractivity contribution is 8.12. The molecule has 0 aliphatic rings. The van der Waals surface area contributed by atoms with Gasteiger partial charge >= 0.3 is 0 Å². The Balaban J connectivity index is 0.000000796. The van der Waals surface area contributed by atoms with E-state index in [1.807, 2.05) is 43.0 Å². The highest BCUT2D eigenvalue weighted by atomic mass is 35.5. The van der Waals surface area contributed by atoms with E-state index in [4.69, 9.17) is 16.4 Å². The van der Waals surface area contributed by atoms with Crippen molar-refractivity contribution in [2.75, 3.05) is 13.1 Å². The van der Waals surface area contributed by atoms with Gasteiger partial charge in [0.2, 0.25) is 0 Å². The van der Waals surface area contributed by atoms with Crippen LogP contribution in [-0.2, 0) is 5.75 Å². The topological polar surface area (TPSA) is 63.4 Å². The minimum Gasteiger partial charge on any atom is -0.361 e. The zero-order valence-electron chi connectivity index (χ0n) is 11.5. The maximum absolute atomic E-state index is 11.7. The van der Waals surface area contributed by atoms with Crippen LogP contribution in [0.5, 0.6) is 0 Å². The third kappa shape index (κ3) is 9.12. The Kier molecular flexibility index (Phi) is 10.4. The molecule has 0 saturated carbocycles. The highest BCUT2D eigenvalue weighted by Crippen LogP contribution is 2.18. The molecular formula is C13H19ClN2O2S2. The molecule has 0 heterocycles. The third-order valence-electron chi connectivity index (χ3n) is 2.30. The zero-order valence-corrected chi connectivity index (χ0v) is 14.0. The van der Waals surface area contributed by atoms with Crippen molar-refractivity contribution in [3.05, 3.63) is 34.9 Å². The summed E-state index contributed by atoms with van der Waals surface area (Å²) >= 11 is 10.2. The standard InChI is InChI=1S/C12H16ClNOS.CH3NOS/c1-3-14(4-2)12(15)16-9-10-5-7-11(13)8-6-10;2-1(3)4/h5-8H,3-4,9H2,1-2H3;(H3,2,3,4). The van der Waals surface area contributed by atoms with Crippen molar-refractivity contribution in [3.63, 3.8) is 0 Å². The molecule has 0 radical (unpaired) electrons. The quantitative estimate of drug-likeness (QED) is 0.817. The van der Waals surface area contributed by atoms with Gasteiger partial charge in [0.1, 0.15) is 0 Å². The van der Waals surface area contributed by atoms with Crippen molar-refractivity contribution < 1.29 is 9.59 Å². The molecule has 0 aliphatic heterocycles. The Hall–Kier alpha value is -0.850. The van der Waals surface area contributed by atoms with Gasteiger partial charge in [-0.25, -0.2) is 0 Å². The second kappa shape index (κ2) is 10.9. The number of hydrogen-bond acceptors (Lipinski definition) is 3. The van der Waals surface area contributed by atoms with Crippen molar-refractivity contribution in [1.29, 1.82) is 0 Å². The molecule has 2 amide bonds. The lowest BCUT2D eigenvalue weighted by Crippen LogP contribution is -2.26. The fraction of sp³-hybridized carbons (Fsp3) is 0.385. The fourth-order valence-corrected chi connectivity index (χ4v) is 2.35. The van der Waals surface area contributed by atoms with Crippen LogP contribution in [0.25, 0.3) is 0 Å². The van der Waals surface area contributed by atoms with Gasteiger partial charge in [0.25, 0.3) is 10.5 Å². The van der Waals surface area contributed by atoms with E-state index in [0.29, 0.717) is 5.75 Å². The molecule has 0 aromatic heterocycles. The number of thioether (sulfide) groups is 1. The van der Waals surface area contributed by atoms with Gasteiger partial charge in [-0.2, -0.15) is 0 Å². The highest BCUT2D eigenvalue weighted by Gasteiger charge is 2.09. The molecule has 0 saturated heterocycles. The van der Waals surface area contributed by atoms with Gasteiger partial charge in [0.15, 0.2) is 0 Å². The first-order valence-electron chi connectivity index (χ1n) is 6.05. The lowest BCUT2D eigenvalue weighted by molar-refractivity contribution is 0.228. The molecule has 2 N–H and O–H groups in total. The Labute approximate surface area is 134 Å². The summed E-state index contributed by atoms with van der Waals surface area (Å²) in [5, 5.41) is 0.226. The average Bonchev–Trinajstić information content (AvgIpc) is 2.39. The minimum atomic E-state index is -0.639. The number of nitrogens with zero attached hydrogens (tertiary/aromatic N) is 1. The van der Waals surface area contributed by atoms with E-state index in [1.165, 1.54) is 11.8 Å². The summed E-state index contributed by atoms with van der Waals surface area (Å²) in [6.07, 6.45) is 0. The maximum Gasteiger partial charge on any atom is 0.281 e. The van der Waals surface area contributed by atoms with E-state index in [-0.39, 0.29) is 5.24 Å². The van der Waals surface area contributed by atoms with Crippen LogP contribution in [-0.4, -0.2) is 28.5 Å². The zero-order chi connectivity index (χ0) is 15.5. The lowest BCUT2D eigenvalue weighted by atomic mass is 10.2. The number of hydrogen-bond donors (Lipinski definition) is 2. The summed E-state index contributed by atoms with van der Waals surface area (Å²) in [5.74, 6) is 0.701. The van der Waals surface area contributed by atoms with Gasteiger partial charge in [-0.05, 0) is 31.5 Å². The number of carbonyl (C=O) groups is 2. The molecule has 0 spiro atoms. The minimum absolute atomic E-state index is 0.139. The Morgan fingerprint density at radius 1 is 1.25 bits per heavy atom. The molecule has 0 unspecified atom stereocenters. The van der Waals surface area contributed by atoms with Gasteiger partial charge in [-0.1, -0.05) is 48.1 Å². The molecule has 112 valence electrons. The van der Waals surface area contributed by atoms with E-state index >= 15 is 0 Å². The first-order valence-corrected chi connectivity index (χ1v) is 7.86. The molecule has 0 aliphatic carbocycles. The smallest absolute Gasteiger partial charge is 0.281 e. The first kappa shape index (κ1) is 19.1. The van der Waals surface area contributed by atoms with Crippen LogP contribution in [0.2, 0.25) is 5.02 Å². The number of benzene rings is 1. The summed E-state index contributed by atoms with van der Waals surface area (Å²) in [6.45, 7) is 5.51. The third-order valence-corrected chi connectivity index (χ3v) is 3.53. The van der Waals surface area contributed by atoms with E-state index < -0.39 is 5.24 Å². The van der Waals surface area contributed by atoms with Crippen LogP contribution in [0.3, 0.4) is 0 Å². The molecule has 4 nitrogen and oxygen atoms in total. The van der Waals surface area contributed by atoms with Crippen LogP contribution in [0.1, 0.15) is 19.4 Å². The normalized spacial score (nSPS) is 9.40. The number of primary amides is 1. The molecular weight excluding hydrogens is 316 g/mol. The molecule has 1 aromatic rings. The van der Waals surface area contributed by atoms with Crippen molar-refractivity contribution in [1.82, 2.24) is 4.90 Å². The predicted molar refractivity (Wildman–Crippen MR) is 89.6 cm³/mol. The Bertz CT molecular complexity index is 419. The summed E-state index contributed by atoms with van der Waals surface area (Å²) in [7, 11) is 0. The second-order valence-corrected chi connectivity index (χ2v) is 5.50. The monoisotopic (exact) mass is 334 g/mol. The van der Waals surface area contributed by atoms with Crippen LogP contribution in [0, 0.1) is 0 Å². The van der Waals surface area contributed by atoms with Crippen LogP contribution in [0.4, 0.5) is 9.59 Å². The van der Waals surface area contributed by atoms with E-state index in [9.17, 15) is 4.79 Å². The van der Waals surface area contributed by atoms with Gasteiger partial charge in [0.05, 0.1) is 0 Å². The van der Waals surface area contributed by atoms with Crippen LogP contribution in [0.15, 0.2) is 24.3 Å². The number of amides is 2. The molecule has 0 fully saturated rings. The van der Waals surface area contributed by atoms with Crippen molar-refractivity contribution in [2.45, 2.75) is 19.6 Å². The maximum atomic E-state index is 11.7. The number of thiol groups is 1. The predicted octanol–water partition coefficient (Wildman–Crippen LogP) is 4.03. The summed E-state index contributed by atoms with van der Waals surface area (Å²) in [6, 6.07) is 7.59. The molecule has 0 bridgehead atoms. The van der Waals surface area contributed by atoms with E-state index in [0.717, 1.165) is 23.7 Å². The second-order valence-electron chi connectivity index (χ2n) is 3.69. The molecule has 1 aromatic carbocycles. The van der Waals surface area contributed by atoms with Crippen LogP contribution >= 0.6 is 36.0 Å². The van der Waals surface area contributed by atoms with Crippen LogP contribution < -0.4 is 5.73 Å². The lowest BCUT2D eigenvalue weighted by Gasteiger charge is -2.17. The number of rotatable bonds is 4. The Morgan fingerprint density at radius 2 is 1.70 bits per heavy atom. The first-order chi connectivity index (χ1) is 9.40. The van der Waals surface area contributed by atoms with Gasteiger partial charge in [-0.3, -0.25) is 9.59 Å². The van der Waals surface area contributed by atoms with Gasteiger partial charge in [-0.15, -0.1) is 0 Å². The Morgan fingerprint density at radius 3 is 2.10 bits per heavy atom. The van der Waals surface area contributed by atoms with Crippen molar-refractivity contribution in [3.8, 4) is 0 Å².